The highest BCUT2D eigenvalue weighted by Gasteiger charge is 2.09. The Morgan fingerprint density at radius 2 is 1.76 bits per heavy atom. The minimum absolute atomic E-state index is 0.148. The van der Waals surface area contributed by atoms with Crippen LogP contribution in [-0.4, -0.2) is 18.0 Å². The smallest absolute Gasteiger partial charge is 0.317 e. The third-order valence-electron chi connectivity index (χ3n) is 3.07. The van der Waals surface area contributed by atoms with Crippen molar-refractivity contribution in [1.29, 1.82) is 0 Å². The minimum atomic E-state index is -0.148. The highest BCUT2D eigenvalue weighted by Crippen LogP contribution is 2.14. The van der Waals surface area contributed by atoms with Crippen LogP contribution < -0.4 is 5.32 Å². The zero-order chi connectivity index (χ0) is 15.2. The first-order valence-corrected chi connectivity index (χ1v) is 7.28. The lowest BCUT2D eigenvalue weighted by Gasteiger charge is -2.18. The summed E-state index contributed by atoms with van der Waals surface area (Å²) >= 11 is 11.9. The van der Waals surface area contributed by atoms with E-state index < -0.39 is 0 Å². The monoisotopic (exact) mass is 322 g/mol. The maximum absolute atomic E-state index is 12.0. The van der Waals surface area contributed by atoms with Crippen LogP contribution in [0.1, 0.15) is 11.1 Å². The molecule has 110 valence electrons. The average molecular weight is 323 g/mol. The van der Waals surface area contributed by atoms with Crippen molar-refractivity contribution in [3.63, 3.8) is 0 Å². The highest BCUT2D eigenvalue weighted by molar-refractivity contribution is 6.31. The van der Waals surface area contributed by atoms with Crippen LogP contribution in [-0.2, 0) is 13.1 Å². The standard InChI is InChI=1S/C16H16Cl2N2O/c1-20(11-12-6-8-14(17)9-7-12)16(21)19-10-13-4-2-3-5-15(13)18/h2-9H,10-11H2,1H3,(H,19,21). The molecule has 0 aliphatic rings. The first-order valence-electron chi connectivity index (χ1n) is 6.53. The number of hydrogen-bond donors (Lipinski definition) is 1. The van der Waals surface area contributed by atoms with Gasteiger partial charge in [-0.1, -0.05) is 53.5 Å². The molecule has 0 radical (unpaired) electrons. The summed E-state index contributed by atoms with van der Waals surface area (Å²) in [4.78, 5) is 13.7. The van der Waals surface area contributed by atoms with Crippen LogP contribution in [0.5, 0.6) is 0 Å². The number of hydrogen-bond acceptors (Lipinski definition) is 1. The lowest BCUT2D eigenvalue weighted by atomic mass is 10.2. The van der Waals surface area contributed by atoms with Crippen molar-refractivity contribution in [2.75, 3.05) is 7.05 Å². The van der Waals surface area contributed by atoms with Gasteiger partial charge in [0.1, 0.15) is 0 Å². The summed E-state index contributed by atoms with van der Waals surface area (Å²) < 4.78 is 0. The van der Waals surface area contributed by atoms with Crippen molar-refractivity contribution in [3.8, 4) is 0 Å². The summed E-state index contributed by atoms with van der Waals surface area (Å²) in [5.41, 5.74) is 1.92. The molecular formula is C16H16Cl2N2O. The Hall–Kier alpha value is -1.71. The number of halogens is 2. The van der Waals surface area contributed by atoms with Crippen LogP contribution in [0, 0.1) is 0 Å². The summed E-state index contributed by atoms with van der Waals surface area (Å²) in [5, 5.41) is 4.18. The predicted molar refractivity (Wildman–Crippen MR) is 86.6 cm³/mol. The van der Waals surface area contributed by atoms with Crippen molar-refractivity contribution in [2.45, 2.75) is 13.1 Å². The SMILES string of the molecule is CN(Cc1ccc(Cl)cc1)C(=O)NCc1ccccc1Cl. The number of nitrogens with one attached hydrogen (secondary N) is 1. The van der Waals surface area contributed by atoms with Crippen LogP contribution >= 0.6 is 23.2 Å². The summed E-state index contributed by atoms with van der Waals surface area (Å²) in [6.45, 7) is 0.926. The van der Waals surface area contributed by atoms with Crippen LogP contribution in [0.15, 0.2) is 48.5 Å². The predicted octanol–water partition coefficient (Wildman–Crippen LogP) is 4.34. The van der Waals surface area contributed by atoms with E-state index in [1.165, 1.54) is 0 Å². The van der Waals surface area contributed by atoms with Gasteiger partial charge < -0.3 is 10.2 Å². The normalized spacial score (nSPS) is 10.2. The zero-order valence-electron chi connectivity index (χ0n) is 11.6. The molecule has 1 N–H and O–H groups in total. The maximum Gasteiger partial charge on any atom is 0.317 e. The Kier molecular flexibility index (Phi) is 5.48. The van der Waals surface area contributed by atoms with Gasteiger partial charge in [-0.2, -0.15) is 0 Å². The van der Waals surface area contributed by atoms with Gasteiger partial charge in [0.15, 0.2) is 0 Å². The van der Waals surface area contributed by atoms with Crippen LogP contribution in [0.4, 0.5) is 4.79 Å². The topological polar surface area (TPSA) is 32.3 Å². The molecule has 2 amide bonds. The molecule has 0 aliphatic heterocycles. The zero-order valence-corrected chi connectivity index (χ0v) is 13.2. The fraction of sp³-hybridized carbons (Fsp3) is 0.188. The van der Waals surface area contributed by atoms with Gasteiger partial charge in [0, 0.05) is 30.2 Å². The molecule has 0 heterocycles. The number of nitrogens with zero attached hydrogens (tertiary/aromatic N) is 1. The van der Waals surface area contributed by atoms with Gasteiger partial charge in [-0.15, -0.1) is 0 Å². The molecule has 0 aromatic heterocycles. The number of amides is 2. The third-order valence-corrected chi connectivity index (χ3v) is 3.69. The largest absolute Gasteiger partial charge is 0.334 e. The van der Waals surface area contributed by atoms with E-state index in [1.54, 1.807) is 18.0 Å². The summed E-state index contributed by atoms with van der Waals surface area (Å²) in [5.74, 6) is 0. The minimum Gasteiger partial charge on any atom is -0.334 e. The van der Waals surface area contributed by atoms with Gasteiger partial charge in [-0.25, -0.2) is 4.79 Å². The van der Waals surface area contributed by atoms with E-state index in [9.17, 15) is 4.79 Å². The van der Waals surface area contributed by atoms with Crippen LogP contribution in [0.2, 0.25) is 10.0 Å². The molecule has 0 spiro atoms. The molecule has 5 heteroatoms. The van der Waals surface area contributed by atoms with Gasteiger partial charge in [0.25, 0.3) is 0 Å². The van der Waals surface area contributed by atoms with Gasteiger partial charge >= 0.3 is 6.03 Å². The Morgan fingerprint density at radius 3 is 2.43 bits per heavy atom. The van der Waals surface area contributed by atoms with Crippen LogP contribution in [0.3, 0.4) is 0 Å². The molecule has 0 bridgehead atoms. The first kappa shape index (κ1) is 15.7. The average Bonchev–Trinajstić information content (AvgIpc) is 2.48. The molecule has 21 heavy (non-hydrogen) atoms. The lowest BCUT2D eigenvalue weighted by molar-refractivity contribution is 0.206. The molecule has 2 aromatic rings. The van der Waals surface area contributed by atoms with Crippen molar-refractivity contribution in [1.82, 2.24) is 10.2 Å². The number of urea groups is 1. The van der Waals surface area contributed by atoms with Gasteiger partial charge in [0.2, 0.25) is 0 Å². The highest BCUT2D eigenvalue weighted by atomic mass is 35.5. The second kappa shape index (κ2) is 7.34. The molecule has 0 fully saturated rings. The Morgan fingerprint density at radius 1 is 1.10 bits per heavy atom. The van der Waals surface area contributed by atoms with E-state index in [2.05, 4.69) is 5.32 Å². The summed E-state index contributed by atoms with van der Waals surface area (Å²) in [7, 11) is 1.75. The van der Waals surface area contributed by atoms with Crippen molar-refractivity contribution in [3.05, 3.63) is 69.7 Å². The maximum atomic E-state index is 12.0. The van der Waals surface area contributed by atoms with E-state index in [1.807, 2.05) is 42.5 Å². The van der Waals surface area contributed by atoms with Crippen LogP contribution in [0.25, 0.3) is 0 Å². The summed E-state index contributed by atoms with van der Waals surface area (Å²) in [6, 6.07) is 14.7. The Labute approximate surface area is 134 Å². The van der Waals surface area contributed by atoms with E-state index in [-0.39, 0.29) is 6.03 Å². The van der Waals surface area contributed by atoms with E-state index in [4.69, 9.17) is 23.2 Å². The summed E-state index contributed by atoms with van der Waals surface area (Å²) in [6.07, 6.45) is 0. The number of carbonyl (C=O) groups is 1. The molecule has 3 nitrogen and oxygen atoms in total. The molecule has 2 rings (SSSR count). The fourth-order valence-electron chi connectivity index (χ4n) is 1.88. The first-order chi connectivity index (χ1) is 10.1. The fourth-order valence-corrected chi connectivity index (χ4v) is 2.21. The third kappa shape index (κ3) is 4.66. The van der Waals surface area contributed by atoms with Gasteiger partial charge in [-0.3, -0.25) is 0 Å². The molecule has 0 saturated carbocycles. The quantitative estimate of drug-likeness (QED) is 0.892. The Bertz CT molecular complexity index is 614. The molecule has 0 saturated heterocycles. The van der Waals surface area contributed by atoms with E-state index in [0.29, 0.717) is 23.1 Å². The van der Waals surface area contributed by atoms with Gasteiger partial charge in [0.05, 0.1) is 0 Å². The second-order valence-corrected chi connectivity index (χ2v) is 5.58. The van der Waals surface area contributed by atoms with Crippen molar-refractivity contribution in [2.24, 2.45) is 0 Å². The molecule has 2 aromatic carbocycles. The Balaban J connectivity index is 1.88. The lowest BCUT2D eigenvalue weighted by Crippen LogP contribution is -2.36. The molecule has 0 atom stereocenters. The van der Waals surface area contributed by atoms with Gasteiger partial charge in [-0.05, 0) is 29.3 Å². The molecule has 0 unspecified atom stereocenters. The van der Waals surface area contributed by atoms with E-state index >= 15 is 0 Å². The number of benzene rings is 2. The van der Waals surface area contributed by atoms with E-state index in [0.717, 1.165) is 11.1 Å². The number of rotatable bonds is 4. The number of carbonyl (C=O) groups excluding carboxylic acids is 1. The molecule has 0 aliphatic carbocycles. The molecular weight excluding hydrogens is 307 g/mol. The second-order valence-electron chi connectivity index (χ2n) is 4.73. The van der Waals surface area contributed by atoms with Crippen molar-refractivity contribution < 1.29 is 4.79 Å². The van der Waals surface area contributed by atoms with Crippen molar-refractivity contribution >= 4 is 29.2 Å².